The van der Waals surface area contributed by atoms with Crippen LogP contribution in [0.4, 0.5) is 4.79 Å². The highest BCUT2D eigenvalue weighted by molar-refractivity contribution is 14.1. The second kappa shape index (κ2) is 9.50. The van der Waals surface area contributed by atoms with E-state index in [1.807, 2.05) is 39.0 Å². The van der Waals surface area contributed by atoms with Crippen molar-refractivity contribution in [2.24, 2.45) is 4.99 Å². The molecule has 6 nitrogen and oxygen atoms in total. The Kier molecular flexibility index (Phi) is 7.78. The van der Waals surface area contributed by atoms with E-state index in [0.29, 0.717) is 19.0 Å². The van der Waals surface area contributed by atoms with Gasteiger partial charge >= 0.3 is 6.09 Å². The Bertz CT molecular complexity index is 784. The summed E-state index contributed by atoms with van der Waals surface area (Å²) in [6, 6.07) is 5.92. The molecule has 1 heterocycles. The van der Waals surface area contributed by atoms with E-state index in [2.05, 4.69) is 53.8 Å². The van der Waals surface area contributed by atoms with Crippen molar-refractivity contribution in [3.05, 3.63) is 39.8 Å². The van der Waals surface area contributed by atoms with Crippen LogP contribution < -0.4 is 4.74 Å². The first-order valence-electron chi connectivity index (χ1n) is 9.68. The Morgan fingerprint density at radius 3 is 2.66 bits per heavy atom. The van der Waals surface area contributed by atoms with Crippen molar-refractivity contribution in [2.45, 2.75) is 58.5 Å². The fourth-order valence-electron chi connectivity index (χ4n) is 2.75. The predicted molar refractivity (Wildman–Crippen MR) is 127 cm³/mol. The lowest BCUT2D eigenvalue weighted by Crippen LogP contribution is -2.36. The molecule has 1 fully saturated rings. The van der Waals surface area contributed by atoms with E-state index >= 15 is 0 Å². The molecule has 0 spiro atoms. The van der Waals surface area contributed by atoms with Crippen LogP contribution in [0.2, 0.25) is 19.6 Å². The molecule has 1 amide bonds. The van der Waals surface area contributed by atoms with Gasteiger partial charge in [0.25, 0.3) is 0 Å². The molecular formula is C21H31IN2O4Si. The van der Waals surface area contributed by atoms with Crippen molar-refractivity contribution >= 4 is 43.2 Å². The molecule has 0 radical (unpaired) electrons. The second-order valence-corrected chi connectivity index (χ2v) is 14.7. The van der Waals surface area contributed by atoms with E-state index < -0.39 is 13.9 Å². The summed E-state index contributed by atoms with van der Waals surface area (Å²) in [5.41, 5.74) is 0.351. The van der Waals surface area contributed by atoms with Crippen LogP contribution in [0, 0.1) is 3.57 Å². The van der Waals surface area contributed by atoms with E-state index in [1.165, 1.54) is 0 Å². The number of carbonyl (C=O) groups excluding carboxylic acids is 1. The smallest absolute Gasteiger partial charge is 0.410 e. The molecule has 29 heavy (non-hydrogen) atoms. The van der Waals surface area contributed by atoms with Crippen LogP contribution in [-0.2, 0) is 9.16 Å². The standard InChI is InChI=1S/C21H31IN2O4Si/c1-15(28-29(5,6)7)23-13-16-12-17(22)8-9-19(16)26-18-10-11-24(14-18)20(25)27-21(2,3)4/h8-9,12-13,18H,1,10-11,14H2,2-7H3. The van der Waals surface area contributed by atoms with E-state index in [4.69, 9.17) is 13.9 Å². The van der Waals surface area contributed by atoms with Crippen molar-refractivity contribution in [3.63, 3.8) is 0 Å². The summed E-state index contributed by atoms with van der Waals surface area (Å²) in [5, 5.41) is 0. The zero-order chi connectivity index (χ0) is 21.8. The molecular weight excluding hydrogens is 499 g/mol. The molecule has 8 heteroatoms. The van der Waals surface area contributed by atoms with Crippen molar-refractivity contribution in [1.82, 2.24) is 4.90 Å². The number of aliphatic imine (C=N–C) groups is 1. The van der Waals surface area contributed by atoms with Gasteiger partial charge in [-0.15, -0.1) is 0 Å². The van der Waals surface area contributed by atoms with Gasteiger partial charge in [0.2, 0.25) is 8.32 Å². The molecule has 1 atom stereocenters. The lowest BCUT2D eigenvalue weighted by atomic mass is 10.2. The summed E-state index contributed by atoms with van der Waals surface area (Å²) in [7, 11) is -1.74. The third kappa shape index (κ3) is 8.37. The van der Waals surface area contributed by atoms with Crippen LogP contribution >= 0.6 is 22.6 Å². The van der Waals surface area contributed by atoms with Gasteiger partial charge in [0.05, 0.1) is 6.54 Å². The third-order valence-corrected chi connectivity index (χ3v) is 5.35. The van der Waals surface area contributed by atoms with Crippen LogP contribution in [0.15, 0.2) is 35.7 Å². The molecule has 1 aliphatic heterocycles. The highest BCUT2D eigenvalue weighted by Gasteiger charge is 2.31. The van der Waals surface area contributed by atoms with Crippen molar-refractivity contribution < 1.29 is 18.7 Å². The SMILES string of the molecule is C=C(N=Cc1cc(I)ccc1OC1CCN(C(=O)OC(C)(C)C)C1)O[Si](C)(C)C. The Labute approximate surface area is 188 Å². The lowest BCUT2D eigenvalue weighted by Gasteiger charge is -2.24. The molecule has 160 valence electrons. The Morgan fingerprint density at radius 2 is 2.03 bits per heavy atom. The fraction of sp³-hybridized carbons (Fsp3) is 0.524. The summed E-state index contributed by atoms with van der Waals surface area (Å²) in [6.45, 7) is 16.9. The van der Waals surface area contributed by atoms with Crippen molar-refractivity contribution in [2.75, 3.05) is 13.1 Å². The fourth-order valence-corrected chi connectivity index (χ4v) is 4.02. The minimum Gasteiger partial charge on any atom is -0.532 e. The summed E-state index contributed by atoms with van der Waals surface area (Å²) < 4.78 is 18.5. The Balaban J connectivity index is 2.05. The molecule has 1 unspecified atom stereocenters. The van der Waals surface area contributed by atoms with E-state index in [0.717, 1.165) is 21.3 Å². The first-order chi connectivity index (χ1) is 13.3. The van der Waals surface area contributed by atoms with Gasteiger partial charge in [-0.3, -0.25) is 0 Å². The van der Waals surface area contributed by atoms with Crippen molar-refractivity contribution in [1.29, 1.82) is 0 Å². The van der Waals surface area contributed by atoms with Gasteiger partial charge in [0.1, 0.15) is 17.5 Å². The number of nitrogens with zero attached hydrogens (tertiary/aromatic N) is 2. The first-order valence-corrected chi connectivity index (χ1v) is 14.2. The molecule has 1 aromatic carbocycles. The molecule has 1 saturated heterocycles. The number of amides is 1. The number of ether oxygens (including phenoxy) is 2. The maximum Gasteiger partial charge on any atom is 0.410 e. The number of carbonyl (C=O) groups is 1. The van der Waals surface area contributed by atoms with Gasteiger partial charge in [0, 0.05) is 28.3 Å². The number of hydrogen-bond acceptors (Lipinski definition) is 5. The van der Waals surface area contributed by atoms with Crippen LogP contribution in [-0.4, -0.2) is 50.3 Å². The topological polar surface area (TPSA) is 60.4 Å². The van der Waals surface area contributed by atoms with Crippen LogP contribution in [0.3, 0.4) is 0 Å². The lowest BCUT2D eigenvalue weighted by molar-refractivity contribution is 0.0275. The molecule has 0 aromatic heterocycles. The second-order valence-electron chi connectivity index (χ2n) is 9.00. The molecule has 0 aliphatic carbocycles. The first kappa shape index (κ1) is 23.7. The predicted octanol–water partition coefficient (Wildman–Crippen LogP) is 5.42. The molecule has 2 rings (SSSR count). The summed E-state index contributed by atoms with van der Waals surface area (Å²) >= 11 is 2.26. The number of rotatable bonds is 6. The minimum absolute atomic E-state index is 0.0869. The number of hydrogen-bond donors (Lipinski definition) is 0. The average molecular weight is 530 g/mol. The number of halogens is 1. The van der Waals surface area contributed by atoms with E-state index in [-0.39, 0.29) is 12.2 Å². The Hall–Kier alpha value is -1.55. The molecule has 0 saturated carbocycles. The van der Waals surface area contributed by atoms with Gasteiger partial charge in [-0.05, 0) is 87.8 Å². The average Bonchev–Trinajstić information content (AvgIpc) is 3.00. The highest BCUT2D eigenvalue weighted by Crippen LogP contribution is 2.25. The maximum atomic E-state index is 12.3. The van der Waals surface area contributed by atoms with Gasteiger partial charge < -0.3 is 18.8 Å². The van der Waals surface area contributed by atoms with Gasteiger partial charge in [-0.2, -0.15) is 0 Å². The molecule has 1 aliphatic rings. The van der Waals surface area contributed by atoms with E-state index in [1.54, 1.807) is 11.1 Å². The normalized spacial score (nSPS) is 17.5. The number of likely N-dealkylation sites (tertiary alicyclic amines) is 1. The van der Waals surface area contributed by atoms with Crippen molar-refractivity contribution in [3.8, 4) is 5.75 Å². The summed E-state index contributed by atoms with van der Waals surface area (Å²) in [4.78, 5) is 18.3. The van der Waals surface area contributed by atoms with Gasteiger partial charge in [-0.25, -0.2) is 9.79 Å². The number of benzene rings is 1. The molecule has 0 N–H and O–H groups in total. The molecule has 1 aromatic rings. The third-order valence-electron chi connectivity index (χ3n) is 3.83. The summed E-state index contributed by atoms with van der Waals surface area (Å²) in [5.74, 6) is 1.14. The van der Waals surface area contributed by atoms with Crippen LogP contribution in [0.1, 0.15) is 32.8 Å². The Morgan fingerprint density at radius 1 is 1.34 bits per heavy atom. The zero-order valence-corrected chi connectivity index (χ0v) is 21.3. The zero-order valence-electron chi connectivity index (χ0n) is 18.1. The van der Waals surface area contributed by atoms with Gasteiger partial charge in [-0.1, -0.05) is 0 Å². The van der Waals surface area contributed by atoms with Crippen LogP contribution in [0.5, 0.6) is 5.75 Å². The monoisotopic (exact) mass is 530 g/mol. The van der Waals surface area contributed by atoms with Gasteiger partial charge in [0.15, 0.2) is 5.88 Å². The minimum atomic E-state index is -1.74. The molecule has 0 bridgehead atoms. The van der Waals surface area contributed by atoms with Crippen LogP contribution in [0.25, 0.3) is 0 Å². The maximum absolute atomic E-state index is 12.3. The summed E-state index contributed by atoms with van der Waals surface area (Å²) in [6.07, 6.45) is 2.09. The van der Waals surface area contributed by atoms with E-state index in [9.17, 15) is 4.79 Å². The highest BCUT2D eigenvalue weighted by atomic mass is 127. The quantitative estimate of drug-likeness (QED) is 0.213. The largest absolute Gasteiger partial charge is 0.532 e.